The van der Waals surface area contributed by atoms with Crippen molar-refractivity contribution in [3.63, 3.8) is 0 Å². The lowest BCUT2D eigenvalue weighted by atomic mass is 10.0. The first-order chi connectivity index (χ1) is 6.83. The summed E-state index contributed by atoms with van der Waals surface area (Å²) in [6.45, 7) is 0. The Labute approximate surface area is 86.6 Å². The van der Waals surface area contributed by atoms with E-state index in [2.05, 4.69) is 15.8 Å². The van der Waals surface area contributed by atoms with E-state index in [-0.39, 0.29) is 17.5 Å². The predicted molar refractivity (Wildman–Crippen MR) is 52.7 cm³/mol. The van der Waals surface area contributed by atoms with Crippen LogP contribution in [0.25, 0.3) is 0 Å². The molecule has 1 aromatic heterocycles. The molecule has 0 aromatic carbocycles. The largest absolute Gasteiger partial charge is 0.302 e. The van der Waals surface area contributed by atoms with E-state index in [0.717, 1.165) is 11.8 Å². The highest BCUT2D eigenvalue weighted by molar-refractivity contribution is 6.22. The lowest BCUT2D eigenvalue weighted by Gasteiger charge is -2.13. The molecule has 0 radical (unpaired) electrons. The van der Waals surface area contributed by atoms with E-state index in [0.29, 0.717) is 0 Å². The van der Waals surface area contributed by atoms with Crippen LogP contribution in [-0.2, 0) is 4.79 Å². The summed E-state index contributed by atoms with van der Waals surface area (Å²) in [4.78, 5) is 14.5. The van der Waals surface area contributed by atoms with Crippen molar-refractivity contribution in [2.24, 2.45) is 0 Å². The van der Waals surface area contributed by atoms with Crippen molar-refractivity contribution in [3.05, 3.63) is 30.1 Å². The quantitative estimate of drug-likeness (QED) is 0.550. The van der Waals surface area contributed by atoms with Gasteiger partial charge in [-0.1, -0.05) is 0 Å². The Morgan fingerprint density at radius 2 is 2.07 bits per heavy atom. The summed E-state index contributed by atoms with van der Waals surface area (Å²) in [6.07, 6.45) is 4.22. The molecule has 5 heteroatoms. The minimum atomic E-state index is -0.338. The van der Waals surface area contributed by atoms with Crippen LogP contribution in [0, 0.1) is 0 Å². The third kappa shape index (κ3) is 1.64. The zero-order chi connectivity index (χ0) is 9.97. The Balaban J connectivity index is 2.18. The van der Waals surface area contributed by atoms with Crippen molar-refractivity contribution in [2.75, 3.05) is 0 Å². The maximum absolute atomic E-state index is 10.6. The molecule has 1 aromatic rings. The highest BCUT2D eigenvalue weighted by Crippen LogP contribution is 2.25. The molecule has 1 aliphatic heterocycles. The summed E-state index contributed by atoms with van der Waals surface area (Å²) >= 11 is 6.10. The molecule has 0 saturated carbocycles. The summed E-state index contributed by atoms with van der Waals surface area (Å²) in [5.74, 6) is 0. The molecule has 2 N–H and O–H groups in total. The van der Waals surface area contributed by atoms with E-state index in [1.54, 1.807) is 12.4 Å². The second-order valence-electron chi connectivity index (χ2n) is 3.15. The van der Waals surface area contributed by atoms with Gasteiger partial charge in [-0.15, -0.1) is 11.6 Å². The van der Waals surface area contributed by atoms with Crippen molar-refractivity contribution < 1.29 is 4.79 Å². The number of carbonyl (C=O) groups excluding carboxylic acids is 1. The Kier molecular flexibility index (Phi) is 2.77. The predicted octanol–water partition coefficient (Wildman–Crippen LogP) is 0.405. The van der Waals surface area contributed by atoms with Gasteiger partial charge in [0.05, 0.1) is 17.5 Å². The van der Waals surface area contributed by atoms with E-state index < -0.39 is 0 Å². The second kappa shape index (κ2) is 4.04. The van der Waals surface area contributed by atoms with Gasteiger partial charge in [0.15, 0.2) is 0 Å². The van der Waals surface area contributed by atoms with Gasteiger partial charge >= 0.3 is 0 Å². The van der Waals surface area contributed by atoms with Gasteiger partial charge < -0.3 is 4.79 Å². The number of nitrogens with zero attached hydrogens (tertiary/aromatic N) is 1. The minimum Gasteiger partial charge on any atom is -0.302 e. The molecule has 0 spiro atoms. The average Bonchev–Trinajstić information content (AvgIpc) is 2.61. The number of pyridine rings is 1. The molecule has 1 fully saturated rings. The maximum Gasteiger partial charge on any atom is 0.139 e. The summed E-state index contributed by atoms with van der Waals surface area (Å²) in [5, 5.41) is -0.269. The number of carbonyl (C=O) groups is 1. The molecular formula is C9H10ClN3O. The zero-order valence-corrected chi connectivity index (χ0v) is 8.11. The SMILES string of the molecule is O=CC1NNC(c2ccncc2)C1Cl. The van der Waals surface area contributed by atoms with Crippen LogP contribution in [0.1, 0.15) is 11.6 Å². The number of aromatic nitrogens is 1. The number of hydrogen-bond donors (Lipinski definition) is 2. The molecule has 2 rings (SSSR count). The molecule has 1 aliphatic rings. The zero-order valence-electron chi connectivity index (χ0n) is 7.35. The lowest BCUT2D eigenvalue weighted by Crippen LogP contribution is -2.33. The van der Waals surface area contributed by atoms with E-state index in [4.69, 9.17) is 11.6 Å². The number of alkyl halides is 1. The Morgan fingerprint density at radius 1 is 1.36 bits per heavy atom. The van der Waals surface area contributed by atoms with Gasteiger partial charge in [0.2, 0.25) is 0 Å². The fourth-order valence-electron chi connectivity index (χ4n) is 1.50. The van der Waals surface area contributed by atoms with Crippen molar-refractivity contribution in [1.29, 1.82) is 0 Å². The standard InChI is InChI=1S/C9H10ClN3O/c10-8-7(5-14)12-13-9(8)6-1-3-11-4-2-6/h1-5,7-9,12-13H. The first-order valence-corrected chi connectivity index (χ1v) is 4.77. The normalized spacial score (nSPS) is 31.6. The summed E-state index contributed by atoms with van der Waals surface area (Å²) in [6, 6.07) is 3.37. The van der Waals surface area contributed by atoms with Gasteiger partial charge in [-0.3, -0.25) is 4.98 Å². The molecule has 1 saturated heterocycles. The fourth-order valence-corrected chi connectivity index (χ4v) is 1.83. The van der Waals surface area contributed by atoms with Crippen molar-refractivity contribution in [3.8, 4) is 0 Å². The first-order valence-electron chi connectivity index (χ1n) is 4.33. The average molecular weight is 212 g/mol. The number of hydrazine groups is 1. The molecule has 14 heavy (non-hydrogen) atoms. The van der Waals surface area contributed by atoms with Gasteiger partial charge in [-0.25, -0.2) is 10.9 Å². The van der Waals surface area contributed by atoms with E-state index in [9.17, 15) is 4.79 Å². The van der Waals surface area contributed by atoms with Crippen molar-refractivity contribution >= 4 is 17.9 Å². The maximum atomic E-state index is 10.6. The molecule has 3 atom stereocenters. The molecule has 0 bridgehead atoms. The van der Waals surface area contributed by atoms with Crippen LogP contribution in [0.4, 0.5) is 0 Å². The lowest BCUT2D eigenvalue weighted by molar-refractivity contribution is -0.109. The van der Waals surface area contributed by atoms with Gasteiger partial charge in [0.1, 0.15) is 6.29 Å². The minimum absolute atomic E-state index is 0.0464. The summed E-state index contributed by atoms with van der Waals surface area (Å²) in [5.41, 5.74) is 6.84. The molecule has 74 valence electrons. The van der Waals surface area contributed by atoms with Crippen molar-refractivity contribution in [2.45, 2.75) is 17.5 Å². The molecular weight excluding hydrogens is 202 g/mol. The van der Waals surface area contributed by atoms with Crippen molar-refractivity contribution in [1.82, 2.24) is 15.8 Å². The third-order valence-electron chi connectivity index (χ3n) is 2.28. The molecule has 4 nitrogen and oxygen atoms in total. The number of halogens is 1. The Hall–Kier alpha value is -0.970. The number of aldehydes is 1. The van der Waals surface area contributed by atoms with Gasteiger partial charge in [-0.05, 0) is 17.7 Å². The summed E-state index contributed by atoms with van der Waals surface area (Å²) in [7, 11) is 0. The molecule has 0 amide bonds. The number of nitrogens with one attached hydrogen (secondary N) is 2. The molecule has 0 aliphatic carbocycles. The van der Waals surface area contributed by atoms with Crippen LogP contribution in [-0.4, -0.2) is 22.7 Å². The Bertz CT molecular complexity index is 319. The highest BCUT2D eigenvalue weighted by Gasteiger charge is 2.34. The topological polar surface area (TPSA) is 54.0 Å². The van der Waals surface area contributed by atoms with E-state index in [1.165, 1.54) is 0 Å². The van der Waals surface area contributed by atoms with Crippen LogP contribution in [0.3, 0.4) is 0 Å². The summed E-state index contributed by atoms with van der Waals surface area (Å²) < 4.78 is 0. The van der Waals surface area contributed by atoms with Gasteiger partial charge in [0, 0.05) is 12.4 Å². The van der Waals surface area contributed by atoms with Gasteiger partial charge in [0.25, 0.3) is 0 Å². The number of hydrogen-bond acceptors (Lipinski definition) is 4. The van der Waals surface area contributed by atoms with Crippen LogP contribution >= 0.6 is 11.6 Å². The highest BCUT2D eigenvalue weighted by atomic mass is 35.5. The Morgan fingerprint density at radius 3 is 2.64 bits per heavy atom. The number of rotatable bonds is 2. The van der Waals surface area contributed by atoms with E-state index >= 15 is 0 Å². The van der Waals surface area contributed by atoms with Crippen LogP contribution in [0.5, 0.6) is 0 Å². The van der Waals surface area contributed by atoms with E-state index in [1.807, 2.05) is 12.1 Å². The second-order valence-corrected chi connectivity index (χ2v) is 3.66. The first kappa shape index (κ1) is 9.58. The van der Waals surface area contributed by atoms with Crippen LogP contribution < -0.4 is 10.9 Å². The third-order valence-corrected chi connectivity index (χ3v) is 2.80. The smallest absolute Gasteiger partial charge is 0.139 e. The molecule has 2 heterocycles. The monoisotopic (exact) mass is 211 g/mol. The van der Waals surface area contributed by atoms with Crippen LogP contribution in [0.15, 0.2) is 24.5 Å². The van der Waals surface area contributed by atoms with Gasteiger partial charge in [-0.2, -0.15) is 0 Å². The fraction of sp³-hybridized carbons (Fsp3) is 0.333. The molecule has 3 unspecified atom stereocenters. The van der Waals surface area contributed by atoms with Crippen LogP contribution in [0.2, 0.25) is 0 Å².